The van der Waals surface area contributed by atoms with E-state index >= 15 is 0 Å². The molecule has 0 spiro atoms. The smallest absolute Gasteiger partial charge is 0.340 e. The quantitative estimate of drug-likeness (QED) is 0.466. The van der Waals surface area contributed by atoms with Crippen LogP contribution in [0.1, 0.15) is 48.8 Å². The summed E-state index contributed by atoms with van der Waals surface area (Å²) >= 11 is 0. The van der Waals surface area contributed by atoms with E-state index in [1.165, 1.54) is 38.8 Å². The number of hydrogen-bond donors (Lipinski definition) is 0. The maximum absolute atomic E-state index is 13.6. The number of amides is 1. The van der Waals surface area contributed by atoms with Crippen molar-refractivity contribution in [2.75, 3.05) is 39.9 Å². The average Bonchev–Trinajstić information content (AvgIpc) is 3.22. The number of carbonyl (C=O) groups excluding carboxylic acids is 1. The second-order valence-electron chi connectivity index (χ2n) is 10.3. The Hall–Kier alpha value is -2.64. The van der Waals surface area contributed by atoms with Crippen molar-refractivity contribution in [1.29, 1.82) is 0 Å². The largest absolute Gasteiger partial charge is 0.464 e. The first-order chi connectivity index (χ1) is 17.0. The van der Waals surface area contributed by atoms with Crippen molar-refractivity contribution in [3.63, 3.8) is 0 Å². The molecule has 3 aromatic rings. The van der Waals surface area contributed by atoms with E-state index in [4.69, 9.17) is 13.6 Å². The number of rotatable bonds is 7. The van der Waals surface area contributed by atoms with Gasteiger partial charge in [0.05, 0.1) is 24.9 Å². The van der Waals surface area contributed by atoms with Crippen LogP contribution in [-0.2, 0) is 16.0 Å². The minimum Gasteiger partial charge on any atom is -0.464 e. The molecule has 35 heavy (non-hydrogen) atoms. The standard InChI is InChI=1S/C28H36N2O5/c1-18-17-34-25-15-26-22(13-21(18)25)19(2)23(28(32)35-26)14-27(31)30(11-12-33-3)16-20-7-6-10-29-9-5-4-8-24(20)29/h13,15,17,20,24H,4-12,14,16H2,1-3H3/t20-,24+/m0/s1. The molecule has 188 valence electrons. The van der Waals surface area contributed by atoms with Gasteiger partial charge in [-0.15, -0.1) is 0 Å². The Kier molecular flexibility index (Phi) is 6.98. The Labute approximate surface area is 206 Å². The summed E-state index contributed by atoms with van der Waals surface area (Å²) in [4.78, 5) is 31.1. The van der Waals surface area contributed by atoms with Gasteiger partial charge in [0, 0.05) is 43.1 Å². The SMILES string of the molecule is COCCN(C[C@@H]1CCCN2CCCC[C@H]12)C(=O)Cc1c(C)c2cc3c(C)coc3cc2oc1=O. The van der Waals surface area contributed by atoms with Gasteiger partial charge in [-0.1, -0.05) is 6.42 Å². The molecule has 7 heteroatoms. The summed E-state index contributed by atoms with van der Waals surface area (Å²) in [7, 11) is 1.66. The van der Waals surface area contributed by atoms with Gasteiger partial charge >= 0.3 is 5.63 Å². The maximum atomic E-state index is 13.6. The van der Waals surface area contributed by atoms with Crippen molar-refractivity contribution in [2.24, 2.45) is 5.92 Å². The van der Waals surface area contributed by atoms with E-state index in [1.54, 1.807) is 19.4 Å². The lowest BCUT2D eigenvalue weighted by atomic mass is 9.83. The number of fused-ring (bicyclic) bond motifs is 3. The van der Waals surface area contributed by atoms with Crippen molar-refractivity contribution in [3.8, 4) is 0 Å². The number of nitrogens with zero attached hydrogens (tertiary/aromatic N) is 2. The molecular weight excluding hydrogens is 444 g/mol. The second-order valence-corrected chi connectivity index (χ2v) is 10.3. The van der Waals surface area contributed by atoms with E-state index < -0.39 is 5.63 Å². The lowest BCUT2D eigenvalue weighted by Gasteiger charge is -2.45. The molecule has 0 aliphatic carbocycles. The van der Waals surface area contributed by atoms with Crippen LogP contribution < -0.4 is 5.63 Å². The van der Waals surface area contributed by atoms with Crippen LogP contribution in [0, 0.1) is 19.8 Å². The monoisotopic (exact) mass is 480 g/mol. The van der Waals surface area contributed by atoms with Crippen molar-refractivity contribution in [3.05, 3.63) is 45.5 Å². The number of aryl methyl sites for hydroxylation is 2. The Balaban J connectivity index is 1.41. The summed E-state index contributed by atoms with van der Waals surface area (Å²) < 4.78 is 16.6. The van der Waals surface area contributed by atoms with Gasteiger partial charge in [-0.25, -0.2) is 4.79 Å². The van der Waals surface area contributed by atoms with Crippen molar-refractivity contribution in [2.45, 2.75) is 58.4 Å². The fraction of sp³-hybridized carbons (Fsp3) is 0.571. The third-order valence-electron chi connectivity index (χ3n) is 8.10. The Morgan fingerprint density at radius 3 is 2.77 bits per heavy atom. The van der Waals surface area contributed by atoms with Gasteiger partial charge in [0.15, 0.2) is 0 Å². The lowest BCUT2D eigenvalue weighted by Crippen LogP contribution is -2.52. The van der Waals surface area contributed by atoms with Crippen LogP contribution in [0.2, 0.25) is 0 Å². The molecule has 2 atom stereocenters. The highest BCUT2D eigenvalue weighted by Gasteiger charge is 2.34. The summed E-state index contributed by atoms with van der Waals surface area (Å²) in [6, 6.07) is 4.32. The van der Waals surface area contributed by atoms with Crippen LogP contribution >= 0.6 is 0 Å². The third-order valence-corrected chi connectivity index (χ3v) is 8.10. The maximum Gasteiger partial charge on any atom is 0.340 e. The van der Waals surface area contributed by atoms with Crippen molar-refractivity contribution >= 4 is 27.8 Å². The first kappa shape index (κ1) is 24.1. The van der Waals surface area contributed by atoms with Crippen LogP contribution in [0.25, 0.3) is 21.9 Å². The zero-order chi connectivity index (χ0) is 24.5. The van der Waals surface area contributed by atoms with E-state index in [0.29, 0.717) is 41.8 Å². The number of furan rings is 1. The first-order valence-corrected chi connectivity index (χ1v) is 12.9. The van der Waals surface area contributed by atoms with Crippen LogP contribution in [0.3, 0.4) is 0 Å². The highest BCUT2D eigenvalue weighted by molar-refractivity contribution is 5.96. The van der Waals surface area contributed by atoms with Gasteiger partial charge in [0.1, 0.15) is 11.2 Å². The zero-order valence-electron chi connectivity index (χ0n) is 21.1. The van der Waals surface area contributed by atoms with E-state index in [9.17, 15) is 9.59 Å². The number of benzene rings is 1. The molecule has 2 fully saturated rings. The molecule has 2 saturated heterocycles. The predicted octanol–water partition coefficient (Wildman–Crippen LogP) is 4.44. The summed E-state index contributed by atoms with van der Waals surface area (Å²) in [5, 5.41) is 1.83. The second kappa shape index (κ2) is 10.2. The Bertz CT molecular complexity index is 1270. The van der Waals surface area contributed by atoms with Gasteiger partial charge in [-0.3, -0.25) is 4.79 Å². The molecule has 0 N–H and O–H groups in total. The van der Waals surface area contributed by atoms with Gasteiger partial charge in [0.2, 0.25) is 5.91 Å². The summed E-state index contributed by atoms with van der Waals surface area (Å²) in [6.07, 6.45) is 7.83. The average molecular weight is 481 g/mol. The normalized spacial score (nSPS) is 20.9. The van der Waals surface area contributed by atoms with Gasteiger partial charge in [-0.05, 0) is 75.7 Å². The molecular formula is C28H36N2O5. The molecule has 2 aliphatic heterocycles. The molecule has 0 bridgehead atoms. The van der Waals surface area contributed by atoms with Crippen LogP contribution in [0.5, 0.6) is 0 Å². The third kappa shape index (κ3) is 4.76. The van der Waals surface area contributed by atoms with E-state index in [-0.39, 0.29) is 12.3 Å². The molecule has 1 aromatic carbocycles. The first-order valence-electron chi connectivity index (χ1n) is 12.9. The predicted molar refractivity (Wildman–Crippen MR) is 136 cm³/mol. The van der Waals surface area contributed by atoms with Crippen LogP contribution in [0.15, 0.2) is 32.0 Å². The minimum atomic E-state index is -0.450. The van der Waals surface area contributed by atoms with E-state index in [1.807, 2.05) is 24.8 Å². The van der Waals surface area contributed by atoms with Crippen LogP contribution in [0.4, 0.5) is 0 Å². The van der Waals surface area contributed by atoms with Crippen molar-refractivity contribution < 1.29 is 18.4 Å². The summed E-state index contributed by atoms with van der Waals surface area (Å²) in [5.74, 6) is 0.432. The lowest BCUT2D eigenvalue weighted by molar-refractivity contribution is -0.132. The molecule has 4 heterocycles. The zero-order valence-corrected chi connectivity index (χ0v) is 21.1. The molecule has 0 radical (unpaired) electrons. The summed E-state index contributed by atoms with van der Waals surface area (Å²) in [6.45, 7) is 7.98. The van der Waals surface area contributed by atoms with Gasteiger partial charge in [-0.2, -0.15) is 0 Å². The Morgan fingerprint density at radius 1 is 1.11 bits per heavy atom. The van der Waals surface area contributed by atoms with E-state index in [2.05, 4.69) is 4.90 Å². The topological polar surface area (TPSA) is 76.1 Å². The molecule has 5 rings (SSSR count). The number of ether oxygens (including phenoxy) is 1. The van der Waals surface area contributed by atoms with Gasteiger partial charge < -0.3 is 23.4 Å². The summed E-state index contributed by atoms with van der Waals surface area (Å²) in [5.41, 5.74) is 3.00. The number of methoxy groups -OCH3 is 1. The van der Waals surface area contributed by atoms with E-state index in [0.717, 1.165) is 34.9 Å². The molecule has 2 aliphatic rings. The number of piperidine rings is 2. The fourth-order valence-electron chi connectivity index (χ4n) is 6.10. The fourth-order valence-corrected chi connectivity index (χ4v) is 6.10. The number of hydrogen-bond acceptors (Lipinski definition) is 6. The highest BCUT2D eigenvalue weighted by Crippen LogP contribution is 2.32. The van der Waals surface area contributed by atoms with Crippen molar-refractivity contribution in [1.82, 2.24) is 9.80 Å². The minimum absolute atomic E-state index is 0.0368. The van der Waals surface area contributed by atoms with Gasteiger partial charge in [0.25, 0.3) is 0 Å². The molecule has 2 aromatic heterocycles. The molecule has 0 saturated carbocycles. The molecule has 7 nitrogen and oxygen atoms in total. The molecule has 1 amide bonds. The molecule has 0 unspecified atom stereocenters. The van der Waals surface area contributed by atoms with Crippen LogP contribution in [-0.4, -0.2) is 61.6 Å². The number of carbonyl (C=O) groups is 1. The highest BCUT2D eigenvalue weighted by atomic mass is 16.5. The Morgan fingerprint density at radius 2 is 1.94 bits per heavy atom.